The second kappa shape index (κ2) is 5.96. The fraction of sp³-hybridized carbons (Fsp3) is 0.357. The van der Waals surface area contributed by atoms with Crippen molar-refractivity contribution in [2.45, 2.75) is 12.5 Å². The average molecular weight is 327 g/mol. The number of hydrogen-bond donors (Lipinski definition) is 1. The van der Waals surface area contributed by atoms with Gasteiger partial charge in [-0.25, -0.2) is 8.42 Å². The Hall–Kier alpha value is -1.71. The molecule has 0 aliphatic carbocycles. The number of nitrogen functional groups attached to an aromatic ring is 1. The average Bonchev–Trinajstić information content (AvgIpc) is 2.78. The molecule has 0 radical (unpaired) electrons. The van der Waals surface area contributed by atoms with Crippen molar-refractivity contribution in [1.82, 2.24) is 4.90 Å². The van der Waals surface area contributed by atoms with Gasteiger partial charge in [0.2, 0.25) is 0 Å². The summed E-state index contributed by atoms with van der Waals surface area (Å²) in [6.45, 7) is 0.0566. The van der Waals surface area contributed by atoms with Gasteiger partial charge in [0.25, 0.3) is 5.91 Å². The first-order valence-corrected chi connectivity index (χ1v) is 8.54. The topological polar surface area (TPSA) is 80.5 Å². The molecule has 0 bridgehead atoms. The number of amides is 1. The molecule has 2 N–H and O–H groups in total. The van der Waals surface area contributed by atoms with Crippen LogP contribution in [0.3, 0.4) is 0 Å². The van der Waals surface area contributed by atoms with Crippen LogP contribution < -0.4 is 5.73 Å². The van der Waals surface area contributed by atoms with Gasteiger partial charge in [-0.15, -0.1) is 6.42 Å². The van der Waals surface area contributed by atoms with Crippen LogP contribution in [0.15, 0.2) is 18.2 Å². The van der Waals surface area contributed by atoms with Gasteiger partial charge in [-0.2, -0.15) is 0 Å². The van der Waals surface area contributed by atoms with E-state index in [2.05, 4.69) is 5.92 Å². The summed E-state index contributed by atoms with van der Waals surface area (Å²) in [5.74, 6) is 2.09. The highest BCUT2D eigenvalue weighted by molar-refractivity contribution is 7.91. The van der Waals surface area contributed by atoms with Crippen molar-refractivity contribution in [3.05, 3.63) is 28.8 Å². The third kappa shape index (κ3) is 3.49. The Labute approximate surface area is 129 Å². The second-order valence-corrected chi connectivity index (χ2v) is 7.57. The predicted molar refractivity (Wildman–Crippen MR) is 82.8 cm³/mol. The number of nitrogens with zero attached hydrogens (tertiary/aromatic N) is 1. The van der Waals surface area contributed by atoms with Crippen molar-refractivity contribution in [3.8, 4) is 12.3 Å². The van der Waals surface area contributed by atoms with Gasteiger partial charge in [0.1, 0.15) is 0 Å². The minimum atomic E-state index is -3.10. The molecule has 1 aliphatic rings. The Bertz CT molecular complexity index is 709. The van der Waals surface area contributed by atoms with Crippen molar-refractivity contribution in [2.24, 2.45) is 0 Å². The Morgan fingerprint density at radius 3 is 2.76 bits per heavy atom. The highest BCUT2D eigenvalue weighted by Crippen LogP contribution is 2.23. The third-order valence-electron chi connectivity index (χ3n) is 3.42. The first-order chi connectivity index (χ1) is 9.84. The lowest BCUT2D eigenvalue weighted by atomic mass is 10.1. The Balaban J connectivity index is 2.28. The quantitative estimate of drug-likeness (QED) is 0.668. The lowest BCUT2D eigenvalue weighted by molar-refractivity contribution is 0.0724. The van der Waals surface area contributed by atoms with Gasteiger partial charge in [-0.3, -0.25) is 4.79 Å². The molecule has 1 aliphatic heterocycles. The van der Waals surface area contributed by atoms with E-state index in [9.17, 15) is 13.2 Å². The van der Waals surface area contributed by atoms with Crippen molar-refractivity contribution in [2.75, 3.05) is 23.8 Å². The van der Waals surface area contributed by atoms with E-state index in [0.717, 1.165) is 0 Å². The number of rotatable bonds is 3. The molecule has 1 saturated heterocycles. The first-order valence-electron chi connectivity index (χ1n) is 6.34. The monoisotopic (exact) mass is 326 g/mol. The van der Waals surface area contributed by atoms with Gasteiger partial charge in [0, 0.05) is 11.6 Å². The van der Waals surface area contributed by atoms with E-state index in [0.29, 0.717) is 17.7 Å². The normalized spacial score (nSPS) is 19.9. The van der Waals surface area contributed by atoms with Crippen LogP contribution in [0.1, 0.15) is 16.8 Å². The maximum absolute atomic E-state index is 12.5. The first kappa shape index (κ1) is 15.7. The van der Waals surface area contributed by atoms with Gasteiger partial charge in [0.15, 0.2) is 9.84 Å². The number of carbonyl (C=O) groups excluding carboxylic acids is 1. The SMILES string of the molecule is C#CCN(C(=O)c1ccc(N)c(Cl)c1)C1CCS(=O)(=O)C1. The van der Waals surface area contributed by atoms with Crippen molar-refractivity contribution in [3.63, 3.8) is 0 Å². The van der Waals surface area contributed by atoms with Gasteiger partial charge in [0.05, 0.1) is 28.8 Å². The number of halogens is 1. The molecule has 1 aromatic carbocycles. The van der Waals surface area contributed by atoms with Crippen molar-refractivity contribution in [1.29, 1.82) is 0 Å². The van der Waals surface area contributed by atoms with Gasteiger partial charge < -0.3 is 10.6 Å². The second-order valence-electron chi connectivity index (χ2n) is 4.93. The van der Waals surface area contributed by atoms with E-state index >= 15 is 0 Å². The fourth-order valence-electron chi connectivity index (χ4n) is 2.31. The maximum Gasteiger partial charge on any atom is 0.254 e. The molecule has 112 valence electrons. The minimum absolute atomic E-state index is 0.0525. The Kier molecular flexibility index (Phi) is 4.45. The van der Waals surface area contributed by atoms with Crippen molar-refractivity contribution < 1.29 is 13.2 Å². The van der Waals surface area contributed by atoms with Gasteiger partial charge >= 0.3 is 0 Å². The summed E-state index contributed by atoms with van der Waals surface area (Å²) in [5.41, 5.74) is 6.33. The van der Waals surface area contributed by atoms with E-state index < -0.39 is 15.9 Å². The van der Waals surface area contributed by atoms with E-state index in [1.807, 2.05) is 0 Å². The molecular formula is C14H15ClN2O3S. The molecule has 1 atom stereocenters. The molecule has 1 fully saturated rings. The lowest BCUT2D eigenvalue weighted by Gasteiger charge is -2.26. The molecule has 1 aromatic rings. The Morgan fingerprint density at radius 1 is 1.52 bits per heavy atom. The summed E-state index contributed by atoms with van der Waals surface area (Å²) >= 11 is 5.91. The van der Waals surface area contributed by atoms with Crippen LogP contribution in [-0.2, 0) is 9.84 Å². The molecule has 0 spiro atoms. The van der Waals surface area contributed by atoms with Gasteiger partial charge in [-0.1, -0.05) is 17.5 Å². The highest BCUT2D eigenvalue weighted by atomic mass is 35.5. The molecule has 1 heterocycles. The summed E-state index contributed by atoms with van der Waals surface area (Å²) in [5, 5.41) is 0.278. The molecule has 1 amide bonds. The minimum Gasteiger partial charge on any atom is -0.398 e. The summed E-state index contributed by atoms with van der Waals surface area (Å²) < 4.78 is 23.2. The summed E-state index contributed by atoms with van der Waals surface area (Å²) in [7, 11) is -3.10. The smallest absolute Gasteiger partial charge is 0.254 e. The standard InChI is InChI=1S/C14H15ClN2O3S/c1-2-6-17(11-5-7-21(19,20)9-11)14(18)10-3-4-13(16)12(15)8-10/h1,3-4,8,11H,5-7,9,16H2. The van der Waals surface area contributed by atoms with Crippen LogP contribution in [0.4, 0.5) is 5.69 Å². The number of carbonyl (C=O) groups is 1. The molecule has 2 rings (SSSR count). The number of hydrogen-bond acceptors (Lipinski definition) is 4. The number of nitrogens with two attached hydrogens (primary N) is 1. The van der Waals surface area contributed by atoms with E-state index in [-0.39, 0.29) is 29.0 Å². The summed E-state index contributed by atoms with van der Waals surface area (Å²) in [6.07, 6.45) is 5.70. The number of sulfone groups is 1. The van der Waals surface area contributed by atoms with E-state index in [1.54, 1.807) is 6.07 Å². The van der Waals surface area contributed by atoms with Gasteiger partial charge in [-0.05, 0) is 24.6 Å². The number of anilines is 1. The van der Waals surface area contributed by atoms with Crippen LogP contribution in [0.2, 0.25) is 5.02 Å². The molecule has 0 aromatic heterocycles. The van der Waals surface area contributed by atoms with E-state index in [4.69, 9.17) is 23.8 Å². The number of benzene rings is 1. The van der Waals surface area contributed by atoms with Crippen LogP contribution in [-0.4, -0.2) is 43.3 Å². The molecule has 0 saturated carbocycles. The van der Waals surface area contributed by atoms with Crippen LogP contribution in [0, 0.1) is 12.3 Å². The predicted octanol–water partition coefficient (Wildman–Crippen LogP) is 1.18. The zero-order valence-corrected chi connectivity index (χ0v) is 12.8. The lowest BCUT2D eigenvalue weighted by Crippen LogP contribution is -2.41. The molecule has 1 unspecified atom stereocenters. The number of terminal acetylenes is 1. The highest BCUT2D eigenvalue weighted by Gasteiger charge is 2.34. The van der Waals surface area contributed by atoms with Crippen LogP contribution in [0.25, 0.3) is 0 Å². The largest absolute Gasteiger partial charge is 0.398 e. The molecule has 5 nitrogen and oxygen atoms in total. The summed E-state index contributed by atoms with van der Waals surface area (Å²) in [6, 6.07) is 4.16. The zero-order chi connectivity index (χ0) is 15.6. The summed E-state index contributed by atoms with van der Waals surface area (Å²) in [4.78, 5) is 13.9. The molecular weight excluding hydrogens is 312 g/mol. The van der Waals surface area contributed by atoms with Crippen LogP contribution >= 0.6 is 11.6 Å². The molecule has 21 heavy (non-hydrogen) atoms. The van der Waals surface area contributed by atoms with Crippen LogP contribution in [0.5, 0.6) is 0 Å². The fourth-order valence-corrected chi connectivity index (χ4v) is 4.22. The Morgan fingerprint density at radius 2 is 2.24 bits per heavy atom. The third-order valence-corrected chi connectivity index (χ3v) is 5.50. The maximum atomic E-state index is 12.5. The van der Waals surface area contributed by atoms with Crippen molar-refractivity contribution >= 4 is 33.0 Å². The molecule has 7 heteroatoms. The zero-order valence-electron chi connectivity index (χ0n) is 11.3. The van der Waals surface area contributed by atoms with E-state index in [1.165, 1.54) is 17.0 Å².